The van der Waals surface area contributed by atoms with Gasteiger partial charge in [0.15, 0.2) is 0 Å². The second-order valence-corrected chi connectivity index (χ2v) is 7.84. The Morgan fingerprint density at radius 3 is 2.62 bits per heavy atom. The molecule has 1 aliphatic heterocycles. The maximum Gasteiger partial charge on any atom is 0.244 e. The summed E-state index contributed by atoms with van der Waals surface area (Å²) in [5, 5.41) is 9.18. The summed E-state index contributed by atoms with van der Waals surface area (Å²) in [6.07, 6.45) is 6.47. The minimum atomic E-state index is -3.56. The normalized spacial score (nSPS) is 26.8. The molecule has 21 heavy (non-hydrogen) atoms. The predicted molar refractivity (Wildman–Crippen MR) is 80.0 cm³/mol. The van der Waals surface area contributed by atoms with Crippen molar-refractivity contribution in [2.45, 2.75) is 49.5 Å². The smallest absolute Gasteiger partial charge is 0.207 e. The van der Waals surface area contributed by atoms with Crippen molar-refractivity contribution in [2.75, 3.05) is 6.54 Å². The molecule has 0 radical (unpaired) electrons. The summed E-state index contributed by atoms with van der Waals surface area (Å²) < 4.78 is 27.7. The van der Waals surface area contributed by atoms with Crippen molar-refractivity contribution in [2.24, 2.45) is 5.92 Å². The van der Waals surface area contributed by atoms with E-state index in [1.165, 1.54) is 6.42 Å². The quantitative estimate of drug-likeness (QED) is 0.844. The van der Waals surface area contributed by atoms with Gasteiger partial charge in [0, 0.05) is 12.6 Å². The van der Waals surface area contributed by atoms with Crippen molar-refractivity contribution in [3.05, 3.63) is 29.8 Å². The molecule has 0 aromatic heterocycles. The summed E-state index contributed by atoms with van der Waals surface area (Å²) in [5.41, 5.74) is 0.246. The Labute approximate surface area is 126 Å². The molecule has 1 aromatic rings. The Bertz CT molecular complexity index is 661. The van der Waals surface area contributed by atoms with E-state index in [2.05, 4.69) is 0 Å². The lowest BCUT2D eigenvalue weighted by molar-refractivity contribution is 0.129. The van der Waals surface area contributed by atoms with Gasteiger partial charge in [0.2, 0.25) is 10.0 Å². The van der Waals surface area contributed by atoms with Crippen LogP contribution in [-0.4, -0.2) is 25.3 Å². The highest BCUT2D eigenvalue weighted by Gasteiger charge is 2.40. The number of nitriles is 1. The number of benzene rings is 1. The van der Waals surface area contributed by atoms with Gasteiger partial charge in [0.05, 0.1) is 10.5 Å². The molecule has 2 fully saturated rings. The number of rotatable bonds is 2. The minimum absolute atomic E-state index is 0.129. The van der Waals surface area contributed by atoms with Crippen molar-refractivity contribution in [1.29, 1.82) is 5.26 Å². The second-order valence-electron chi connectivity index (χ2n) is 5.98. The first kappa shape index (κ1) is 14.6. The molecule has 2 atom stereocenters. The van der Waals surface area contributed by atoms with Crippen molar-refractivity contribution in [3.63, 3.8) is 0 Å². The number of hydrogen-bond acceptors (Lipinski definition) is 3. The molecular formula is C16H20N2O2S. The van der Waals surface area contributed by atoms with Crippen LogP contribution in [0.1, 0.15) is 44.1 Å². The zero-order valence-electron chi connectivity index (χ0n) is 12.0. The number of fused-ring (bicyclic) bond motifs is 1. The fraction of sp³-hybridized carbons (Fsp3) is 0.562. The fourth-order valence-corrected chi connectivity index (χ4v) is 5.69. The molecule has 1 saturated heterocycles. The van der Waals surface area contributed by atoms with E-state index in [4.69, 9.17) is 0 Å². The van der Waals surface area contributed by atoms with Gasteiger partial charge in [0.25, 0.3) is 0 Å². The zero-order valence-corrected chi connectivity index (χ0v) is 12.8. The molecule has 4 nitrogen and oxygen atoms in total. The first-order valence-electron chi connectivity index (χ1n) is 7.65. The number of piperidine rings is 1. The van der Waals surface area contributed by atoms with E-state index in [0.717, 1.165) is 32.1 Å². The summed E-state index contributed by atoms with van der Waals surface area (Å²) in [6, 6.07) is 8.67. The number of sulfonamides is 1. The largest absolute Gasteiger partial charge is 0.244 e. The van der Waals surface area contributed by atoms with Crippen molar-refractivity contribution in [3.8, 4) is 6.07 Å². The van der Waals surface area contributed by atoms with Gasteiger partial charge >= 0.3 is 0 Å². The molecule has 1 heterocycles. The van der Waals surface area contributed by atoms with Crippen LogP contribution in [0.25, 0.3) is 0 Å². The Morgan fingerprint density at radius 1 is 1.10 bits per heavy atom. The van der Waals surface area contributed by atoms with Gasteiger partial charge in [-0.25, -0.2) is 8.42 Å². The molecular weight excluding hydrogens is 284 g/mol. The highest BCUT2D eigenvalue weighted by Crippen LogP contribution is 2.38. The summed E-state index contributed by atoms with van der Waals surface area (Å²) in [4.78, 5) is 0.165. The Morgan fingerprint density at radius 2 is 1.81 bits per heavy atom. The van der Waals surface area contributed by atoms with Gasteiger partial charge < -0.3 is 0 Å². The molecule has 3 rings (SSSR count). The summed E-state index contributed by atoms with van der Waals surface area (Å²) in [6.45, 7) is 0.587. The molecule has 5 heteroatoms. The molecule has 2 aliphatic rings. The van der Waals surface area contributed by atoms with Gasteiger partial charge in [0.1, 0.15) is 6.07 Å². The second kappa shape index (κ2) is 5.78. The van der Waals surface area contributed by atoms with Crippen molar-refractivity contribution < 1.29 is 8.42 Å². The SMILES string of the molecule is N#Cc1ccccc1S(=O)(=O)N1CCCC2CCCCC21. The van der Waals surface area contributed by atoms with E-state index >= 15 is 0 Å². The lowest BCUT2D eigenvalue weighted by Crippen LogP contribution is -2.49. The van der Waals surface area contributed by atoms with Crippen LogP contribution in [0.2, 0.25) is 0 Å². The molecule has 1 aliphatic carbocycles. The van der Waals surface area contributed by atoms with Gasteiger partial charge in [-0.1, -0.05) is 25.0 Å². The molecule has 0 amide bonds. The van der Waals surface area contributed by atoms with Crippen LogP contribution in [0.4, 0.5) is 0 Å². The van der Waals surface area contributed by atoms with Gasteiger partial charge in [-0.15, -0.1) is 0 Å². The third-order valence-corrected chi connectivity index (χ3v) is 6.77. The van der Waals surface area contributed by atoms with E-state index in [0.29, 0.717) is 12.5 Å². The lowest BCUT2D eigenvalue weighted by Gasteiger charge is -2.43. The van der Waals surface area contributed by atoms with Crippen LogP contribution in [0.5, 0.6) is 0 Å². The van der Waals surface area contributed by atoms with Crippen LogP contribution in [0.3, 0.4) is 0 Å². The summed E-state index contributed by atoms with van der Waals surface area (Å²) in [7, 11) is -3.56. The van der Waals surface area contributed by atoms with Crippen LogP contribution in [0, 0.1) is 17.2 Å². The standard InChI is InChI=1S/C16H20N2O2S/c17-12-14-7-2-4-10-16(14)21(19,20)18-11-5-8-13-6-1-3-9-15(13)18/h2,4,7,10,13,15H,1,3,5-6,8-9,11H2. The highest BCUT2D eigenvalue weighted by molar-refractivity contribution is 7.89. The molecule has 0 N–H and O–H groups in total. The Hall–Kier alpha value is -1.38. The van der Waals surface area contributed by atoms with Crippen molar-refractivity contribution >= 4 is 10.0 Å². The average Bonchev–Trinajstić information content (AvgIpc) is 2.54. The summed E-state index contributed by atoms with van der Waals surface area (Å²) >= 11 is 0. The first-order valence-corrected chi connectivity index (χ1v) is 9.09. The highest BCUT2D eigenvalue weighted by atomic mass is 32.2. The van der Waals surface area contributed by atoms with E-state index in [9.17, 15) is 13.7 Å². The minimum Gasteiger partial charge on any atom is -0.207 e. The third-order valence-electron chi connectivity index (χ3n) is 4.79. The van der Waals surface area contributed by atoms with E-state index in [1.54, 1.807) is 28.6 Å². The van der Waals surface area contributed by atoms with Gasteiger partial charge in [-0.05, 0) is 43.7 Å². The van der Waals surface area contributed by atoms with Crippen LogP contribution < -0.4 is 0 Å². The maximum absolute atomic E-state index is 13.0. The summed E-state index contributed by atoms with van der Waals surface area (Å²) in [5.74, 6) is 0.497. The van der Waals surface area contributed by atoms with Crippen LogP contribution in [0.15, 0.2) is 29.2 Å². The average molecular weight is 304 g/mol. The van der Waals surface area contributed by atoms with Crippen LogP contribution >= 0.6 is 0 Å². The monoisotopic (exact) mass is 304 g/mol. The van der Waals surface area contributed by atoms with Gasteiger partial charge in [-0.2, -0.15) is 9.57 Å². The zero-order chi connectivity index (χ0) is 14.9. The topological polar surface area (TPSA) is 61.2 Å². The fourth-order valence-electron chi connectivity index (χ4n) is 3.79. The third kappa shape index (κ3) is 2.58. The Kier molecular flexibility index (Phi) is 4.01. The van der Waals surface area contributed by atoms with Crippen molar-refractivity contribution in [1.82, 2.24) is 4.31 Å². The van der Waals surface area contributed by atoms with E-state index in [-0.39, 0.29) is 16.5 Å². The first-order chi connectivity index (χ1) is 10.1. The lowest BCUT2D eigenvalue weighted by atomic mass is 9.79. The van der Waals surface area contributed by atoms with Crippen LogP contribution in [-0.2, 0) is 10.0 Å². The molecule has 0 spiro atoms. The molecule has 0 bridgehead atoms. The van der Waals surface area contributed by atoms with E-state index < -0.39 is 10.0 Å². The van der Waals surface area contributed by atoms with Gasteiger partial charge in [-0.3, -0.25) is 0 Å². The van der Waals surface area contributed by atoms with E-state index in [1.807, 2.05) is 6.07 Å². The predicted octanol–water partition coefficient (Wildman–Crippen LogP) is 2.90. The molecule has 112 valence electrons. The maximum atomic E-state index is 13.0. The number of hydrogen-bond donors (Lipinski definition) is 0. The molecule has 1 saturated carbocycles. The Balaban J connectivity index is 1.99. The molecule has 1 aromatic carbocycles. The molecule has 2 unspecified atom stereocenters. The number of nitrogens with zero attached hydrogens (tertiary/aromatic N) is 2.